The normalized spacial score (nSPS) is 11.0. The minimum atomic E-state index is -0.834. The Bertz CT molecular complexity index is 799. The average molecular weight is 327 g/mol. The smallest absolute Gasteiger partial charge is 0.351 e. The van der Waals surface area contributed by atoms with Crippen LogP contribution in [-0.2, 0) is 0 Å². The van der Waals surface area contributed by atoms with E-state index in [2.05, 4.69) is 18.7 Å². The van der Waals surface area contributed by atoms with Gasteiger partial charge in [-0.25, -0.2) is 4.79 Å². The zero-order valence-corrected chi connectivity index (χ0v) is 14.1. The van der Waals surface area contributed by atoms with Crippen molar-refractivity contribution in [3.63, 3.8) is 0 Å². The summed E-state index contributed by atoms with van der Waals surface area (Å²) < 4.78 is 4.85. The van der Waals surface area contributed by atoms with E-state index in [0.717, 1.165) is 24.3 Å². The van der Waals surface area contributed by atoms with Crippen LogP contribution in [0.15, 0.2) is 45.6 Å². The lowest BCUT2D eigenvalue weighted by Crippen LogP contribution is -2.21. The molecule has 1 heterocycles. The maximum atomic E-state index is 12.1. The number of aromatic hydroxyl groups is 1. The molecule has 0 aliphatic rings. The number of benzene rings is 1. The summed E-state index contributed by atoms with van der Waals surface area (Å²) in [6.45, 7) is 7.56. The number of hydrogen-bond donors (Lipinski definition) is 1. The summed E-state index contributed by atoms with van der Waals surface area (Å²) in [5, 5.41) is 9.77. The summed E-state index contributed by atoms with van der Waals surface area (Å²) in [6, 6.07) is 9.01. The molecule has 0 aliphatic carbocycles. The van der Waals surface area contributed by atoms with Gasteiger partial charge in [-0.15, -0.1) is 0 Å². The van der Waals surface area contributed by atoms with Crippen molar-refractivity contribution in [2.24, 2.45) is 0 Å². The van der Waals surface area contributed by atoms with E-state index < -0.39 is 11.4 Å². The van der Waals surface area contributed by atoms with Crippen molar-refractivity contribution < 1.29 is 14.3 Å². The van der Waals surface area contributed by atoms with Crippen molar-refractivity contribution in [2.75, 3.05) is 18.0 Å². The maximum Gasteiger partial charge on any atom is 0.351 e. The van der Waals surface area contributed by atoms with E-state index in [0.29, 0.717) is 0 Å². The minimum Gasteiger partial charge on any atom is -0.507 e. The number of carbonyl (C=O) groups is 1. The number of rotatable bonds is 6. The maximum absolute atomic E-state index is 12.1. The number of aryl methyl sites for hydroxylation is 1. The first kappa shape index (κ1) is 17.5. The third kappa shape index (κ3) is 3.93. The predicted molar refractivity (Wildman–Crippen MR) is 94.7 cm³/mol. The first-order valence-electron chi connectivity index (χ1n) is 7.87. The number of hydrogen-bond acceptors (Lipinski definition) is 5. The number of nitrogens with zero attached hydrogens (tertiary/aromatic N) is 1. The van der Waals surface area contributed by atoms with Crippen LogP contribution in [0.3, 0.4) is 0 Å². The molecular weight excluding hydrogens is 306 g/mol. The van der Waals surface area contributed by atoms with E-state index >= 15 is 0 Å². The third-order valence-electron chi connectivity index (χ3n) is 3.75. The standard InChI is InChI=1S/C19H21NO4/c1-4-20(5-2)15-9-6-14(7-10-15)8-11-16(21)18-17(22)12-13(3)24-19(18)23/h6-12,22H,4-5H2,1-3H3/b11-8+. The van der Waals surface area contributed by atoms with Crippen molar-refractivity contribution in [3.8, 4) is 5.75 Å². The SMILES string of the molecule is CCN(CC)c1ccc(/C=C/C(=O)c2c(O)cc(C)oc2=O)cc1. The van der Waals surface area contributed by atoms with Gasteiger partial charge in [-0.3, -0.25) is 4.79 Å². The fourth-order valence-electron chi connectivity index (χ4n) is 2.46. The highest BCUT2D eigenvalue weighted by atomic mass is 16.4. The van der Waals surface area contributed by atoms with Gasteiger partial charge in [-0.1, -0.05) is 18.2 Å². The lowest BCUT2D eigenvalue weighted by atomic mass is 10.1. The highest BCUT2D eigenvalue weighted by Crippen LogP contribution is 2.18. The van der Waals surface area contributed by atoms with Crippen molar-refractivity contribution in [1.29, 1.82) is 0 Å². The Morgan fingerprint density at radius 3 is 2.38 bits per heavy atom. The summed E-state index contributed by atoms with van der Waals surface area (Å²) in [6.07, 6.45) is 2.86. The average Bonchev–Trinajstić information content (AvgIpc) is 2.54. The number of anilines is 1. The molecule has 2 rings (SSSR count). The molecule has 2 aromatic rings. The Hall–Kier alpha value is -2.82. The molecular formula is C19H21NO4. The zero-order valence-electron chi connectivity index (χ0n) is 14.1. The highest BCUT2D eigenvalue weighted by Gasteiger charge is 2.15. The second-order valence-electron chi connectivity index (χ2n) is 5.37. The molecule has 0 radical (unpaired) electrons. The Kier molecular flexibility index (Phi) is 5.58. The van der Waals surface area contributed by atoms with Crippen LogP contribution in [0.4, 0.5) is 5.69 Å². The fraction of sp³-hybridized carbons (Fsp3) is 0.263. The summed E-state index contributed by atoms with van der Waals surface area (Å²) in [7, 11) is 0. The molecule has 24 heavy (non-hydrogen) atoms. The third-order valence-corrected chi connectivity index (χ3v) is 3.75. The van der Waals surface area contributed by atoms with Crippen LogP contribution in [0, 0.1) is 6.92 Å². The van der Waals surface area contributed by atoms with E-state index in [4.69, 9.17) is 4.42 Å². The molecule has 126 valence electrons. The van der Waals surface area contributed by atoms with Crippen molar-refractivity contribution in [1.82, 2.24) is 0 Å². The van der Waals surface area contributed by atoms with Gasteiger partial charge in [-0.2, -0.15) is 0 Å². The van der Waals surface area contributed by atoms with Gasteiger partial charge in [0.05, 0.1) is 0 Å². The van der Waals surface area contributed by atoms with Crippen LogP contribution in [0.5, 0.6) is 5.75 Å². The van der Waals surface area contributed by atoms with E-state index in [9.17, 15) is 14.7 Å². The molecule has 0 fully saturated rings. The molecule has 1 N–H and O–H groups in total. The van der Waals surface area contributed by atoms with Crippen LogP contribution < -0.4 is 10.5 Å². The number of ketones is 1. The van der Waals surface area contributed by atoms with Crippen molar-refractivity contribution in [2.45, 2.75) is 20.8 Å². The van der Waals surface area contributed by atoms with Crippen LogP contribution in [-0.4, -0.2) is 24.0 Å². The Labute approximate surface area is 140 Å². The quantitative estimate of drug-likeness (QED) is 0.650. The summed E-state index contributed by atoms with van der Waals surface area (Å²) >= 11 is 0. The summed E-state index contributed by atoms with van der Waals surface area (Å²) in [4.78, 5) is 26.1. The van der Waals surface area contributed by atoms with Gasteiger partial charge in [-0.05, 0) is 44.5 Å². The second kappa shape index (κ2) is 7.64. The highest BCUT2D eigenvalue weighted by molar-refractivity contribution is 6.08. The minimum absolute atomic E-state index is 0.255. The zero-order chi connectivity index (χ0) is 17.7. The first-order chi connectivity index (χ1) is 11.5. The molecule has 1 aromatic carbocycles. The molecule has 0 saturated heterocycles. The molecule has 0 unspecified atom stereocenters. The van der Waals surface area contributed by atoms with Gasteiger partial charge in [0.25, 0.3) is 0 Å². The Morgan fingerprint density at radius 2 is 1.83 bits per heavy atom. The number of carbonyl (C=O) groups excluding carboxylic acids is 1. The topological polar surface area (TPSA) is 70.8 Å². The van der Waals surface area contributed by atoms with Gasteiger partial charge in [0.1, 0.15) is 17.1 Å². The van der Waals surface area contributed by atoms with Gasteiger partial charge in [0, 0.05) is 24.8 Å². The van der Waals surface area contributed by atoms with Crippen LogP contribution in [0.25, 0.3) is 6.08 Å². The monoisotopic (exact) mass is 327 g/mol. The molecule has 0 amide bonds. The van der Waals surface area contributed by atoms with E-state index in [1.54, 1.807) is 6.08 Å². The largest absolute Gasteiger partial charge is 0.507 e. The van der Waals surface area contributed by atoms with Crippen LogP contribution >= 0.6 is 0 Å². The second-order valence-corrected chi connectivity index (χ2v) is 5.37. The van der Waals surface area contributed by atoms with E-state index in [1.807, 2.05) is 24.3 Å². The first-order valence-corrected chi connectivity index (χ1v) is 7.87. The van der Waals surface area contributed by atoms with Crippen LogP contribution in [0.1, 0.15) is 35.5 Å². The van der Waals surface area contributed by atoms with Gasteiger partial charge < -0.3 is 14.4 Å². The molecule has 0 spiro atoms. The Morgan fingerprint density at radius 1 is 1.21 bits per heavy atom. The lowest BCUT2D eigenvalue weighted by Gasteiger charge is -2.20. The molecule has 0 saturated carbocycles. The Balaban J connectivity index is 2.19. The van der Waals surface area contributed by atoms with E-state index in [1.165, 1.54) is 19.1 Å². The fourth-order valence-corrected chi connectivity index (χ4v) is 2.46. The molecule has 0 bridgehead atoms. The summed E-state index contributed by atoms with van der Waals surface area (Å²) in [5.74, 6) is -0.700. The van der Waals surface area contributed by atoms with E-state index in [-0.39, 0.29) is 17.1 Å². The van der Waals surface area contributed by atoms with Crippen molar-refractivity contribution >= 4 is 17.5 Å². The molecule has 0 aliphatic heterocycles. The molecule has 0 atom stereocenters. The van der Waals surface area contributed by atoms with Gasteiger partial charge in [0.2, 0.25) is 0 Å². The molecule has 1 aromatic heterocycles. The lowest BCUT2D eigenvalue weighted by molar-refractivity contribution is 0.104. The van der Waals surface area contributed by atoms with Gasteiger partial charge in [0.15, 0.2) is 5.78 Å². The molecule has 5 nitrogen and oxygen atoms in total. The van der Waals surface area contributed by atoms with Crippen molar-refractivity contribution in [3.05, 3.63) is 63.7 Å². The number of allylic oxidation sites excluding steroid dienone is 1. The molecule has 5 heteroatoms. The predicted octanol–water partition coefficient (Wildman–Crippen LogP) is 3.40. The van der Waals surface area contributed by atoms with Gasteiger partial charge >= 0.3 is 5.63 Å². The van der Waals surface area contributed by atoms with Crippen LogP contribution in [0.2, 0.25) is 0 Å². The summed E-state index contributed by atoms with van der Waals surface area (Å²) in [5.41, 5.74) is 0.756.